The van der Waals surface area contributed by atoms with Crippen LogP contribution in [0.3, 0.4) is 0 Å². The van der Waals surface area contributed by atoms with Crippen LogP contribution in [-0.4, -0.2) is 15.0 Å². The van der Waals surface area contributed by atoms with Crippen molar-refractivity contribution in [2.24, 2.45) is 0 Å². The third kappa shape index (κ3) is 2.08. The van der Waals surface area contributed by atoms with E-state index in [4.69, 9.17) is 12.2 Å². The quantitative estimate of drug-likeness (QED) is 0.688. The zero-order chi connectivity index (χ0) is 12.4. The monoisotopic (exact) mass is 254 g/mol. The zero-order valence-corrected chi connectivity index (χ0v) is 10.2. The minimum atomic E-state index is 0.458. The number of anilines is 2. The molecule has 0 fully saturated rings. The summed E-state index contributed by atoms with van der Waals surface area (Å²) >= 11 is 5.12. The molecule has 3 aromatic rings. The first-order valence-electron chi connectivity index (χ1n) is 5.49. The van der Waals surface area contributed by atoms with Crippen LogP contribution in [-0.2, 0) is 0 Å². The van der Waals surface area contributed by atoms with E-state index in [-0.39, 0.29) is 0 Å². The van der Waals surface area contributed by atoms with Gasteiger partial charge < -0.3 is 10.3 Å². The van der Waals surface area contributed by atoms with Gasteiger partial charge in [0.25, 0.3) is 0 Å². The fourth-order valence-electron chi connectivity index (χ4n) is 1.77. The summed E-state index contributed by atoms with van der Waals surface area (Å²) in [7, 11) is 0. The fourth-order valence-corrected chi connectivity index (χ4v) is 1.97. The summed E-state index contributed by atoms with van der Waals surface area (Å²) < 4.78 is 0.458. The molecule has 0 saturated heterocycles. The van der Waals surface area contributed by atoms with Gasteiger partial charge in [-0.15, -0.1) is 0 Å². The number of benzene rings is 1. The van der Waals surface area contributed by atoms with Crippen molar-refractivity contribution < 1.29 is 0 Å². The van der Waals surface area contributed by atoms with Gasteiger partial charge in [-0.3, -0.25) is 4.98 Å². The topological polar surface area (TPSA) is 53.6 Å². The van der Waals surface area contributed by atoms with Crippen LogP contribution >= 0.6 is 12.2 Å². The van der Waals surface area contributed by atoms with Crippen LogP contribution < -0.4 is 5.32 Å². The van der Waals surface area contributed by atoms with E-state index in [0.29, 0.717) is 4.77 Å². The normalized spacial score (nSPS) is 10.4. The molecule has 0 unspecified atom stereocenters. The van der Waals surface area contributed by atoms with Crippen LogP contribution in [0.5, 0.6) is 0 Å². The molecule has 5 heteroatoms. The number of nitrogens with one attached hydrogen (secondary N) is 2. The van der Waals surface area contributed by atoms with Crippen molar-refractivity contribution in [2.75, 3.05) is 5.32 Å². The van der Waals surface area contributed by atoms with Crippen molar-refractivity contribution in [3.05, 3.63) is 53.6 Å². The van der Waals surface area contributed by atoms with Crippen LogP contribution in [0.15, 0.2) is 48.8 Å². The average Bonchev–Trinajstić information content (AvgIpc) is 2.40. The molecule has 0 aliphatic carbocycles. The maximum Gasteiger partial charge on any atom is 0.199 e. The number of nitrogens with zero attached hydrogens (tertiary/aromatic N) is 2. The molecule has 0 saturated carbocycles. The number of aromatic amines is 1. The van der Waals surface area contributed by atoms with Gasteiger partial charge in [0.1, 0.15) is 5.82 Å². The summed E-state index contributed by atoms with van der Waals surface area (Å²) in [5.74, 6) is 0.738. The Morgan fingerprint density at radius 2 is 2.00 bits per heavy atom. The number of para-hydroxylation sites is 1. The molecule has 1 aromatic carbocycles. The highest BCUT2D eigenvalue weighted by Gasteiger charge is 2.03. The lowest BCUT2D eigenvalue weighted by Gasteiger charge is -2.08. The van der Waals surface area contributed by atoms with Gasteiger partial charge in [-0.25, -0.2) is 4.98 Å². The predicted octanol–water partition coefficient (Wildman–Crippen LogP) is 3.43. The highest BCUT2D eigenvalue weighted by molar-refractivity contribution is 7.71. The third-order valence-corrected chi connectivity index (χ3v) is 2.75. The minimum Gasteiger partial charge on any atom is -0.338 e. The van der Waals surface area contributed by atoms with E-state index in [1.54, 1.807) is 12.4 Å². The first-order valence-corrected chi connectivity index (χ1v) is 5.90. The Balaban J connectivity index is 2.14. The van der Waals surface area contributed by atoms with Gasteiger partial charge in [0, 0.05) is 11.6 Å². The van der Waals surface area contributed by atoms with E-state index in [2.05, 4.69) is 20.3 Å². The van der Waals surface area contributed by atoms with Gasteiger partial charge in [0.15, 0.2) is 4.77 Å². The van der Waals surface area contributed by atoms with Crippen LogP contribution in [0.1, 0.15) is 0 Å². The molecular formula is C13H10N4S. The van der Waals surface area contributed by atoms with Gasteiger partial charge in [-0.1, -0.05) is 12.1 Å². The van der Waals surface area contributed by atoms with E-state index in [9.17, 15) is 0 Å². The summed E-state index contributed by atoms with van der Waals surface area (Å²) in [5.41, 5.74) is 1.85. The maximum absolute atomic E-state index is 5.12. The maximum atomic E-state index is 5.12. The summed E-state index contributed by atoms with van der Waals surface area (Å²) in [4.78, 5) is 11.4. The molecule has 0 bridgehead atoms. The summed E-state index contributed by atoms with van der Waals surface area (Å²) in [6, 6.07) is 11.7. The highest BCUT2D eigenvalue weighted by atomic mass is 32.1. The molecular weight excluding hydrogens is 244 g/mol. The molecule has 3 rings (SSSR count). The predicted molar refractivity (Wildman–Crippen MR) is 74.4 cm³/mol. The van der Waals surface area contributed by atoms with Gasteiger partial charge in [-0.05, 0) is 36.5 Å². The molecule has 2 N–H and O–H groups in total. The number of H-pyrrole nitrogens is 1. The molecule has 2 heterocycles. The van der Waals surface area contributed by atoms with Crippen LogP contribution in [0.4, 0.5) is 11.5 Å². The first-order chi connectivity index (χ1) is 8.83. The highest BCUT2D eigenvalue weighted by Crippen LogP contribution is 2.22. The molecule has 0 spiro atoms. The first kappa shape index (κ1) is 10.9. The second-order valence-electron chi connectivity index (χ2n) is 3.80. The van der Waals surface area contributed by atoms with Crippen molar-refractivity contribution in [3.8, 4) is 0 Å². The Hall–Kier alpha value is -2.27. The summed E-state index contributed by atoms with van der Waals surface area (Å²) in [6.45, 7) is 0. The van der Waals surface area contributed by atoms with Crippen molar-refractivity contribution in [1.29, 1.82) is 0 Å². The standard InChI is InChI=1S/C13H10N4S/c18-13-16-11-6-2-1-5-10(11)12(17-13)15-9-4-3-7-14-8-9/h1-8H,(H2,15,16,17,18). The van der Waals surface area contributed by atoms with E-state index in [1.165, 1.54) is 0 Å². The Morgan fingerprint density at radius 1 is 1.11 bits per heavy atom. The molecule has 18 heavy (non-hydrogen) atoms. The molecule has 0 radical (unpaired) electrons. The van der Waals surface area contributed by atoms with Crippen LogP contribution in [0.25, 0.3) is 10.9 Å². The van der Waals surface area contributed by atoms with Crippen molar-refractivity contribution in [1.82, 2.24) is 15.0 Å². The van der Waals surface area contributed by atoms with Gasteiger partial charge >= 0.3 is 0 Å². The smallest absolute Gasteiger partial charge is 0.199 e. The van der Waals surface area contributed by atoms with Crippen molar-refractivity contribution >= 4 is 34.6 Å². The minimum absolute atomic E-state index is 0.458. The summed E-state index contributed by atoms with van der Waals surface area (Å²) in [6.07, 6.45) is 3.48. The number of fused-ring (bicyclic) bond motifs is 1. The summed E-state index contributed by atoms with van der Waals surface area (Å²) in [5, 5.41) is 4.22. The molecule has 0 aliphatic rings. The SMILES string of the molecule is S=c1nc(Nc2cccnc2)c2ccccc2[nH]1. The average molecular weight is 254 g/mol. The third-order valence-electron chi connectivity index (χ3n) is 2.56. The van der Waals surface area contributed by atoms with E-state index in [1.807, 2.05) is 36.4 Å². The lowest BCUT2D eigenvalue weighted by Crippen LogP contribution is -1.97. The van der Waals surface area contributed by atoms with Crippen molar-refractivity contribution in [2.45, 2.75) is 0 Å². The van der Waals surface area contributed by atoms with Gasteiger partial charge in [-0.2, -0.15) is 0 Å². The number of aromatic nitrogens is 3. The zero-order valence-electron chi connectivity index (χ0n) is 9.42. The number of rotatable bonds is 2. The largest absolute Gasteiger partial charge is 0.338 e. The molecule has 0 aliphatic heterocycles. The second kappa shape index (κ2) is 4.54. The molecule has 2 aromatic heterocycles. The van der Waals surface area contributed by atoms with Crippen LogP contribution in [0, 0.1) is 4.77 Å². The fraction of sp³-hybridized carbons (Fsp3) is 0. The van der Waals surface area contributed by atoms with E-state index < -0.39 is 0 Å². The molecule has 4 nitrogen and oxygen atoms in total. The molecule has 0 amide bonds. The Bertz CT molecular complexity index is 737. The van der Waals surface area contributed by atoms with E-state index in [0.717, 1.165) is 22.4 Å². The van der Waals surface area contributed by atoms with E-state index >= 15 is 0 Å². The van der Waals surface area contributed by atoms with Gasteiger partial charge in [0.2, 0.25) is 0 Å². The number of pyridine rings is 1. The Kier molecular flexibility index (Phi) is 2.74. The number of hydrogen-bond acceptors (Lipinski definition) is 4. The Labute approximate surface area is 109 Å². The lowest BCUT2D eigenvalue weighted by molar-refractivity contribution is 1.18. The molecule has 88 valence electrons. The number of hydrogen-bond donors (Lipinski definition) is 2. The van der Waals surface area contributed by atoms with Crippen LogP contribution in [0.2, 0.25) is 0 Å². The van der Waals surface area contributed by atoms with Crippen molar-refractivity contribution in [3.63, 3.8) is 0 Å². The Morgan fingerprint density at radius 3 is 2.83 bits per heavy atom. The molecule has 0 atom stereocenters. The van der Waals surface area contributed by atoms with Gasteiger partial charge in [0.05, 0.1) is 17.4 Å². The lowest BCUT2D eigenvalue weighted by atomic mass is 10.2. The second-order valence-corrected chi connectivity index (χ2v) is 4.19.